The van der Waals surface area contributed by atoms with Crippen molar-refractivity contribution in [2.45, 2.75) is 6.92 Å². The van der Waals surface area contributed by atoms with Gasteiger partial charge in [-0.1, -0.05) is 15.9 Å². The van der Waals surface area contributed by atoms with Crippen LogP contribution in [-0.2, 0) is 0 Å². The summed E-state index contributed by atoms with van der Waals surface area (Å²) in [5.74, 6) is -0.976. The van der Waals surface area contributed by atoms with Crippen LogP contribution >= 0.6 is 15.9 Å². The molecular weight excluding hydrogens is 352 g/mol. The van der Waals surface area contributed by atoms with Gasteiger partial charge in [-0.15, -0.1) is 0 Å². The van der Waals surface area contributed by atoms with Gasteiger partial charge in [-0.3, -0.25) is 4.79 Å². The minimum Gasteiger partial charge on any atom is -0.508 e. The maximum Gasteiger partial charge on any atom is 0.275 e. The second-order valence-corrected chi connectivity index (χ2v) is 5.42. The van der Waals surface area contributed by atoms with E-state index in [0.717, 1.165) is 0 Å². The standard InChI is InChI=1S/C15H13BrN2O4/c1-8(11-4-3-10(19)7-14(11)21)17-18-15(22)12-6-9(16)2-5-13(12)20/h2-7,19-21H,1H3,(H,18,22)/b17-8+. The third-order valence-corrected chi connectivity index (χ3v) is 3.39. The van der Waals surface area contributed by atoms with Gasteiger partial charge in [0.15, 0.2) is 0 Å². The number of aromatic hydroxyl groups is 3. The topological polar surface area (TPSA) is 102 Å². The maximum atomic E-state index is 12.0. The van der Waals surface area contributed by atoms with Gasteiger partial charge in [-0.05, 0) is 37.3 Å². The molecule has 0 heterocycles. The van der Waals surface area contributed by atoms with Crippen molar-refractivity contribution in [1.82, 2.24) is 5.43 Å². The van der Waals surface area contributed by atoms with E-state index in [4.69, 9.17) is 0 Å². The molecule has 114 valence electrons. The third kappa shape index (κ3) is 3.56. The van der Waals surface area contributed by atoms with Crippen LogP contribution in [0.5, 0.6) is 17.2 Å². The molecule has 2 aromatic rings. The number of carbonyl (C=O) groups excluding carboxylic acids is 1. The van der Waals surface area contributed by atoms with Crippen molar-refractivity contribution in [3.8, 4) is 17.2 Å². The first-order chi connectivity index (χ1) is 10.4. The number of rotatable bonds is 3. The lowest BCUT2D eigenvalue weighted by atomic mass is 10.1. The lowest BCUT2D eigenvalue weighted by molar-refractivity contribution is 0.0952. The molecule has 0 radical (unpaired) electrons. The van der Waals surface area contributed by atoms with Crippen LogP contribution < -0.4 is 5.43 Å². The van der Waals surface area contributed by atoms with E-state index >= 15 is 0 Å². The van der Waals surface area contributed by atoms with E-state index in [9.17, 15) is 20.1 Å². The highest BCUT2D eigenvalue weighted by molar-refractivity contribution is 9.10. The van der Waals surface area contributed by atoms with Crippen LogP contribution in [0.15, 0.2) is 46.0 Å². The lowest BCUT2D eigenvalue weighted by Crippen LogP contribution is -2.19. The molecular formula is C15H13BrN2O4. The molecule has 1 amide bonds. The second-order valence-electron chi connectivity index (χ2n) is 4.50. The molecule has 0 atom stereocenters. The Morgan fingerprint density at radius 2 is 1.77 bits per heavy atom. The number of carbonyl (C=O) groups is 1. The van der Waals surface area contributed by atoms with Gasteiger partial charge in [-0.2, -0.15) is 5.10 Å². The van der Waals surface area contributed by atoms with Gasteiger partial charge < -0.3 is 15.3 Å². The van der Waals surface area contributed by atoms with Crippen molar-refractivity contribution < 1.29 is 20.1 Å². The molecule has 0 aromatic heterocycles. The highest BCUT2D eigenvalue weighted by atomic mass is 79.9. The van der Waals surface area contributed by atoms with Crippen LogP contribution in [0, 0.1) is 0 Å². The Hall–Kier alpha value is -2.54. The highest BCUT2D eigenvalue weighted by Gasteiger charge is 2.12. The molecule has 0 aliphatic carbocycles. The summed E-state index contributed by atoms with van der Waals surface area (Å²) in [6.45, 7) is 1.59. The van der Waals surface area contributed by atoms with Gasteiger partial charge in [-0.25, -0.2) is 5.43 Å². The molecule has 0 aliphatic rings. The Balaban J connectivity index is 2.20. The molecule has 22 heavy (non-hydrogen) atoms. The van der Waals surface area contributed by atoms with Crippen molar-refractivity contribution in [3.05, 3.63) is 52.0 Å². The fraction of sp³-hybridized carbons (Fsp3) is 0.0667. The zero-order chi connectivity index (χ0) is 16.3. The normalized spacial score (nSPS) is 11.3. The number of halogens is 1. The number of hydrogen-bond donors (Lipinski definition) is 4. The van der Waals surface area contributed by atoms with Gasteiger partial charge in [0, 0.05) is 16.1 Å². The van der Waals surface area contributed by atoms with Gasteiger partial charge >= 0.3 is 0 Å². The number of nitrogens with one attached hydrogen (secondary N) is 1. The molecule has 7 heteroatoms. The summed E-state index contributed by atoms with van der Waals surface area (Å²) in [7, 11) is 0. The molecule has 2 rings (SSSR count). The number of amides is 1. The second kappa shape index (κ2) is 6.48. The number of phenolic OH excluding ortho intramolecular Hbond substituents is 3. The first-order valence-electron chi connectivity index (χ1n) is 6.24. The molecule has 0 unspecified atom stereocenters. The molecule has 4 N–H and O–H groups in total. The SMILES string of the molecule is C/C(=N\NC(=O)c1cc(Br)ccc1O)c1ccc(O)cc1O. The average molecular weight is 365 g/mol. The van der Waals surface area contributed by atoms with Gasteiger partial charge in [0.2, 0.25) is 0 Å². The molecule has 6 nitrogen and oxygen atoms in total. The largest absolute Gasteiger partial charge is 0.508 e. The molecule has 0 bridgehead atoms. The fourth-order valence-corrected chi connectivity index (χ4v) is 2.13. The Morgan fingerprint density at radius 3 is 2.45 bits per heavy atom. The zero-order valence-corrected chi connectivity index (χ0v) is 13.1. The van der Waals surface area contributed by atoms with Crippen LogP contribution in [0.4, 0.5) is 0 Å². The third-order valence-electron chi connectivity index (χ3n) is 2.90. The molecule has 2 aromatic carbocycles. The average Bonchev–Trinajstić information content (AvgIpc) is 2.47. The number of hydrogen-bond acceptors (Lipinski definition) is 5. The van der Waals surface area contributed by atoms with Gasteiger partial charge in [0.05, 0.1) is 11.3 Å². The predicted octanol–water partition coefficient (Wildman–Crippen LogP) is 2.72. The quantitative estimate of drug-likeness (QED) is 0.496. The summed E-state index contributed by atoms with van der Waals surface area (Å²) in [6, 6.07) is 8.52. The fourth-order valence-electron chi connectivity index (χ4n) is 1.77. The Kier molecular flexibility index (Phi) is 4.67. The lowest BCUT2D eigenvalue weighted by Gasteiger charge is -2.07. The predicted molar refractivity (Wildman–Crippen MR) is 85.3 cm³/mol. The summed E-state index contributed by atoms with van der Waals surface area (Å²) < 4.78 is 0.646. The number of nitrogens with zero attached hydrogens (tertiary/aromatic N) is 1. The van der Waals surface area contributed by atoms with E-state index < -0.39 is 5.91 Å². The highest BCUT2D eigenvalue weighted by Crippen LogP contribution is 2.23. The Labute approximate surface area is 134 Å². The molecule has 0 fully saturated rings. The van der Waals surface area contributed by atoms with Crippen LogP contribution in [0.2, 0.25) is 0 Å². The molecule has 0 aliphatic heterocycles. The number of phenols is 3. The van der Waals surface area contributed by atoms with Crippen molar-refractivity contribution in [2.24, 2.45) is 5.10 Å². The number of hydrazone groups is 1. The summed E-state index contributed by atoms with van der Waals surface area (Å²) in [5.41, 5.74) is 3.09. The minimum atomic E-state index is -0.587. The van der Waals surface area contributed by atoms with Crippen LogP contribution in [0.3, 0.4) is 0 Å². The monoisotopic (exact) mass is 364 g/mol. The van der Waals surface area contributed by atoms with Gasteiger partial charge in [0.25, 0.3) is 5.91 Å². The van der Waals surface area contributed by atoms with E-state index in [2.05, 4.69) is 26.5 Å². The first-order valence-corrected chi connectivity index (χ1v) is 7.03. The minimum absolute atomic E-state index is 0.0702. The smallest absolute Gasteiger partial charge is 0.275 e. The summed E-state index contributed by atoms with van der Waals surface area (Å²) in [5, 5.41) is 32.5. The van der Waals surface area contributed by atoms with Crippen molar-refractivity contribution in [3.63, 3.8) is 0 Å². The maximum absolute atomic E-state index is 12.0. The van der Waals surface area contributed by atoms with Crippen molar-refractivity contribution >= 4 is 27.5 Å². The van der Waals surface area contributed by atoms with E-state index in [1.807, 2.05) is 0 Å². The molecule has 0 spiro atoms. The van der Waals surface area contributed by atoms with Gasteiger partial charge in [0.1, 0.15) is 17.2 Å². The van der Waals surface area contributed by atoms with Crippen molar-refractivity contribution in [2.75, 3.05) is 0 Å². The Morgan fingerprint density at radius 1 is 1.05 bits per heavy atom. The van der Waals surface area contributed by atoms with Crippen LogP contribution in [0.1, 0.15) is 22.8 Å². The van der Waals surface area contributed by atoms with E-state index in [-0.39, 0.29) is 22.8 Å². The van der Waals surface area contributed by atoms with E-state index in [0.29, 0.717) is 15.7 Å². The molecule has 0 saturated heterocycles. The zero-order valence-electron chi connectivity index (χ0n) is 11.5. The van der Waals surface area contributed by atoms with Crippen LogP contribution in [-0.4, -0.2) is 26.9 Å². The molecule has 0 saturated carbocycles. The van der Waals surface area contributed by atoms with E-state index in [1.54, 1.807) is 13.0 Å². The van der Waals surface area contributed by atoms with E-state index in [1.165, 1.54) is 30.3 Å². The van der Waals surface area contributed by atoms with Crippen molar-refractivity contribution in [1.29, 1.82) is 0 Å². The van der Waals surface area contributed by atoms with Crippen LogP contribution in [0.25, 0.3) is 0 Å². The summed E-state index contributed by atoms with van der Waals surface area (Å²) >= 11 is 3.21. The summed E-state index contributed by atoms with van der Waals surface area (Å²) in [6.07, 6.45) is 0. The summed E-state index contributed by atoms with van der Waals surface area (Å²) in [4.78, 5) is 12.0. The first kappa shape index (κ1) is 15.8. The Bertz CT molecular complexity index is 759. The number of benzene rings is 2.